The van der Waals surface area contributed by atoms with Crippen LogP contribution in [0.4, 0.5) is 0 Å². The van der Waals surface area contributed by atoms with E-state index in [9.17, 15) is 9.59 Å². The Morgan fingerprint density at radius 3 is 2.29 bits per heavy atom. The van der Waals surface area contributed by atoms with E-state index < -0.39 is 22.0 Å². The van der Waals surface area contributed by atoms with Crippen LogP contribution in [0.3, 0.4) is 0 Å². The summed E-state index contributed by atoms with van der Waals surface area (Å²) in [6.45, 7) is 1.61. The molecule has 0 heterocycles. The fraction of sp³-hybridized carbons (Fsp3) is 0.455. The van der Waals surface area contributed by atoms with Gasteiger partial charge in [-0.1, -0.05) is 6.08 Å². The molecule has 6 heteroatoms. The molecule has 0 fully saturated rings. The molecule has 0 amide bonds. The summed E-state index contributed by atoms with van der Waals surface area (Å²) in [5.41, 5.74) is -0.977. The topological polar surface area (TPSA) is 52.6 Å². The summed E-state index contributed by atoms with van der Waals surface area (Å²) in [6, 6.07) is 0. The molecule has 0 saturated carbocycles. The van der Waals surface area contributed by atoms with Crippen molar-refractivity contribution in [3.63, 3.8) is 0 Å². The third kappa shape index (κ3) is 2.39. The van der Waals surface area contributed by atoms with Crippen LogP contribution in [0.25, 0.3) is 0 Å². The number of rotatable bonds is 4. The fourth-order valence-electron chi connectivity index (χ4n) is 1.84. The van der Waals surface area contributed by atoms with Crippen molar-refractivity contribution >= 4 is 33.7 Å². The monoisotopic (exact) mass is 278 g/mol. The summed E-state index contributed by atoms with van der Waals surface area (Å²) in [5, 5.41) is -1.27. The van der Waals surface area contributed by atoms with E-state index in [-0.39, 0.29) is 11.3 Å². The van der Waals surface area contributed by atoms with Crippen LogP contribution in [0.15, 0.2) is 23.5 Å². The normalized spacial score (nSPS) is 28.2. The van der Waals surface area contributed by atoms with E-state index in [0.29, 0.717) is 0 Å². The van der Waals surface area contributed by atoms with Gasteiger partial charge in [-0.25, -0.2) is 0 Å². The molecule has 0 aromatic rings. The van der Waals surface area contributed by atoms with Crippen molar-refractivity contribution in [2.75, 3.05) is 14.2 Å². The predicted molar refractivity (Wildman–Crippen MR) is 63.8 cm³/mol. The molecule has 0 aliphatic heterocycles. The lowest BCUT2D eigenvalue weighted by atomic mass is 9.81. The number of methoxy groups -OCH3 is 2. The first-order valence-electron chi connectivity index (χ1n) is 4.79. The summed E-state index contributed by atoms with van der Waals surface area (Å²) >= 11 is 10.9. The Balaban J connectivity index is 3.38. The second kappa shape index (κ2) is 5.21. The highest BCUT2D eigenvalue weighted by Crippen LogP contribution is 2.38. The maximum Gasteiger partial charge on any atom is 0.255 e. The Labute approximate surface area is 109 Å². The number of hydrogen-bond acceptors (Lipinski definition) is 4. The lowest BCUT2D eigenvalue weighted by Gasteiger charge is -2.36. The van der Waals surface area contributed by atoms with Gasteiger partial charge < -0.3 is 9.47 Å². The van der Waals surface area contributed by atoms with Crippen LogP contribution in [0, 0.1) is 5.92 Å². The Morgan fingerprint density at radius 1 is 1.35 bits per heavy atom. The van der Waals surface area contributed by atoms with E-state index in [4.69, 9.17) is 32.7 Å². The third-order valence-electron chi connectivity index (χ3n) is 2.83. The van der Waals surface area contributed by atoms with Gasteiger partial charge in [0, 0.05) is 7.11 Å². The van der Waals surface area contributed by atoms with Gasteiger partial charge in [0.25, 0.3) is 5.24 Å². The summed E-state index contributed by atoms with van der Waals surface area (Å²) in [5.74, 6) is -0.537. The number of hydrogen-bond donors (Lipinski definition) is 0. The van der Waals surface area contributed by atoms with Crippen molar-refractivity contribution in [3.8, 4) is 0 Å². The number of ether oxygens (including phenoxy) is 2. The zero-order valence-corrected chi connectivity index (χ0v) is 11.1. The molecule has 2 unspecified atom stereocenters. The number of halogens is 2. The lowest BCUT2D eigenvalue weighted by molar-refractivity contribution is -0.123. The second-order valence-electron chi connectivity index (χ2n) is 3.67. The molecule has 0 saturated heterocycles. The highest BCUT2D eigenvalue weighted by Gasteiger charge is 2.46. The van der Waals surface area contributed by atoms with Gasteiger partial charge in [0.15, 0.2) is 0 Å². The first kappa shape index (κ1) is 14.2. The van der Waals surface area contributed by atoms with Crippen LogP contribution < -0.4 is 0 Å². The summed E-state index contributed by atoms with van der Waals surface area (Å²) < 4.78 is 10.4. The molecule has 2 atom stereocenters. The molecular formula is C11H12Cl2O4. The molecule has 17 heavy (non-hydrogen) atoms. The second-order valence-corrected chi connectivity index (χ2v) is 4.39. The molecule has 94 valence electrons. The van der Waals surface area contributed by atoms with Gasteiger partial charge in [-0.15, -0.1) is 0 Å². The van der Waals surface area contributed by atoms with Crippen molar-refractivity contribution in [3.05, 3.63) is 23.5 Å². The Morgan fingerprint density at radius 2 is 1.94 bits per heavy atom. The molecule has 1 aliphatic carbocycles. The minimum Gasteiger partial charge on any atom is -0.497 e. The van der Waals surface area contributed by atoms with Crippen LogP contribution in [-0.4, -0.2) is 30.3 Å². The van der Waals surface area contributed by atoms with Crippen molar-refractivity contribution in [1.29, 1.82) is 0 Å². The van der Waals surface area contributed by atoms with Gasteiger partial charge in [0.05, 0.1) is 18.6 Å². The van der Waals surface area contributed by atoms with E-state index in [2.05, 4.69) is 0 Å². The van der Waals surface area contributed by atoms with E-state index in [1.54, 1.807) is 6.92 Å². The maximum atomic E-state index is 11.3. The van der Waals surface area contributed by atoms with E-state index in [0.717, 1.165) is 0 Å². The maximum absolute atomic E-state index is 11.3. The molecular weight excluding hydrogens is 267 g/mol. The number of carbonyl (C=O) groups is 2. The summed E-state index contributed by atoms with van der Waals surface area (Å²) in [4.78, 5) is 22.6. The van der Waals surface area contributed by atoms with Gasteiger partial charge in [-0.3, -0.25) is 9.59 Å². The molecule has 0 radical (unpaired) electrons. The van der Waals surface area contributed by atoms with E-state index >= 15 is 0 Å². The van der Waals surface area contributed by atoms with Crippen LogP contribution in [0.5, 0.6) is 0 Å². The molecule has 0 N–H and O–H groups in total. The standard InChI is InChI=1S/C11H12Cl2O4/c1-11(17-3)7(10(13)15)5-4-6(9(12)14)8(11)16-2/h4-5,7H,1-3H3. The highest BCUT2D eigenvalue weighted by atomic mass is 35.5. The summed E-state index contributed by atoms with van der Waals surface area (Å²) in [6.07, 6.45) is 2.90. The molecule has 1 rings (SSSR count). The Hall–Kier alpha value is -0.840. The molecule has 1 aliphatic rings. The fourth-order valence-corrected chi connectivity index (χ4v) is 2.27. The van der Waals surface area contributed by atoms with Crippen molar-refractivity contribution in [2.45, 2.75) is 12.5 Å². The lowest BCUT2D eigenvalue weighted by Crippen LogP contribution is -2.44. The molecule has 0 bridgehead atoms. The first-order chi connectivity index (χ1) is 7.88. The summed E-state index contributed by atoms with van der Waals surface area (Å²) in [7, 11) is 2.78. The molecule has 0 aromatic heterocycles. The third-order valence-corrected chi connectivity index (χ3v) is 3.27. The zero-order valence-electron chi connectivity index (χ0n) is 9.62. The minimum atomic E-state index is -1.14. The van der Waals surface area contributed by atoms with Crippen molar-refractivity contribution in [2.24, 2.45) is 5.92 Å². The Bertz CT molecular complexity index is 414. The first-order valence-corrected chi connectivity index (χ1v) is 5.55. The van der Waals surface area contributed by atoms with E-state index in [1.165, 1.54) is 26.4 Å². The molecule has 0 aromatic carbocycles. The average Bonchev–Trinajstić information content (AvgIpc) is 2.27. The van der Waals surface area contributed by atoms with Crippen LogP contribution >= 0.6 is 23.2 Å². The quantitative estimate of drug-likeness (QED) is 0.739. The van der Waals surface area contributed by atoms with Gasteiger partial charge in [0.2, 0.25) is 5.24 Å². The van der Waals surface area contributed by atoms with Gasteiger partial charge in [-0.2, -0.15) is 0 Å². The minimum absolute atomic E-state index is 0.160. The van der Waals surface area contributed by atoms with Gasteiger partial charge in [-0.05, 0) is 36.2 Å². The zero-order chi connectivity index (χ0) is 13.2. The SMILES string of the molecule is COC1=C(C(=O)Cl)C=CC(C(=O)Cl)C1(C)OC. The molecule has 0 spiro atoms. The average molecular weight is 279 g/mol. The van der Waals surface area contributed by atoms with Gasteiger partial charge in [0.1, 0.15) is 11.4 Å². The molecule has 4 nitrogen and oxygen atoms in total. The van der Waals surface area contributed by atoms with Crippen LogP contribution in [0.1, 0.15) is 6.92 Å². The van der Waals surface area contributed by atoms with Crippen LogP contribution in [-0.2, 0) is 19.1 Å². The Kier molecular flexibility index (Phi) is 4.36. The van der Waals surface area contributed by atoms with Gasteiger partial charge >= 0.3 is 0 Å². The van der Waals surface area contributed by atoms with Crippen molar-refractivity contribution < 1.29 is 19.1 Å². The number of carbonyl (C=O) groups excluding carboxylic acids is 2. The van der Waals surface area contributed by atoms with Crippen LogP contribution in [0.2, 0.25) is 0 Å². The predicted octanol–water partition coefficient (Wildman–Crippen LogP) is 2.01. The highest BCUT2D eigenvalue weighted by molar-refractivity contribution is 6.68. The smallest absolute Gasteiger partial charge is 0.255 e. The number of allylic oxidation sites excluding steroid dienone is 2. The van der Waals surface area contributed by atoms with E-state index in [1.807, 2.05) is 0 Å². The largest absolute Gasteiger partial charge is 0.497 e. The van der Waals surface area contributed by atoms with Crippen molar-refractivity contribution in [1.82, 2.24) is 0 Å².